The van der Waals surface area contributed by atoms with Gasteiger partial charge in [0.25, 0.3) is 0 Å². The monoisotopic (exact) mass is 218 g/mol. The summed E-state index contributed by atoms with van der Waals surface area (Å²) in [6, 6.07) is 8.77. The molecule has 0 bridgehead atoms. The van der Waals surface area contributed by atoms with Crippen molar-refractivity contribution in [3.8, 4) is 0 Å². The molecule has 0 saturated heterocycles. The minimum atomic E-state index is -0.175. The van der Waals surface area contributed by atoms with E-state index in [1.807, 2.05) is 30.7 Å². The van der Waals surface area contributed by atoms with Crippen molar-refractivity contribution in [3.63, 3.8) is 0 Å². The van der Waals surface area contributed by atoms with Crippen molar-refractivity contribution in [2.75, 3.05) is 0 Å². The van der Waals surface area contributed by atoms with Crippen LogP contribution in [0.3, 0.4) is 0 Å². The zero-order chi connectivity index (χ0) is 11.5. The van der Waals surface area contributed by atoms with Crippen molar-refractivity contribution < 1.29 is 4.39 Å². The van der Waals surface area contributed by atoms with E-state index in [1.54, 1.807) is 12.1 Å². The maximum atomic E-state index is 13.0. The molecule has 0 N–H and O–H groups in total. The molecule has 0 fully saturated rings. The third kappa shape index (κ3) is 2.48. The zero-order valence-electron chi connectivity index (χ0n) is 9.57. The number of halogens is 1. The first-order valence-electron chi connectivity index (χ1n) is 5.40. The second-order valence-electron chi connectivity index (χ2n) is 4.03. The van der Waals surface area contributed by atoms with Gasteiger partial charge in [-0.05, 0) is 44.0 Å². The normalized spacial score (nSPS) is 10.7. The van der Waals surface area contributed by atoms with Gasteiger partial charge in [-0.1, -0.05) is 12.1 Å². The smallest absolute Gasteiger partial charge is 0.123 e. The molecule has 84 valence electrons. The lowest BCUT2D eigenvalue weighted by atomic mass is 10.1. The minimum Gasteiger partial charge on any atom is -0.269 e. The summed E-state index contributed by atoms with van der Waals surface area (Å²) >= 11 is 0. The van der Waals surface area contributed by atoms with Gasteiger partial charge in [0.15, 0.2) is 0 Å². The predicted molar refractivity (Wildman–Crippen MR) is 61.8 cm³/mol. The molecule has 1 heterocycles. The number of benzene rings is 1. The first-order valence-corrected chi connectivity index (χ1v) is 5.40. The van der Waals surface area contributed by atoms with Crippen LogP contribution >= 0.6 is 0 Å². The number of rotatable bonds is 3. The Bertz CT molecular complexity index is 488. The third-order valence-electron chi connectivity index (χ3n) is 2.60. The van der Waals surface area contributed by atoms with E-state index in [2.05, 4.69) is 5.10 Å². The van der Waals surface area contributed by atoms with E-state index in [4.69, 9.17) is 0 Å². The van der Waals surface area contributed by atoms with E-state index in [0.717, 1.165) is 29.9 Å². The summed E-state index contributed by atoms with van der Waals surface area (Å²) in [5, 5.41) is 4.37. The van der Waals surface area contributed by atoms with E-state index in [9.17, 15) is 4.39 Å². The van der Waals surface area contributed by atoms with Gasteiger partial charge in [0.05, 0.1) is 5.69 Å². The summed E-state index contributed by atoms with van der Waals surface area (Å²) in [7, 11) is 0. The van der Waals surface area contributed by atoms with Gasteiger partial charge < -0.3 is 0 Å². The average molecular weight is 218 g/mol. The Morgan fingerprint density at radius 1 is 1.25 bits per heavy atom. The van der Waals surface area contributed by atoms with Crippen molar-refractivity contribution in [1.29, 1.82) is 0 Å². The maximum absolute atomic E-state index is 13.0. The van der Waals surface area contributed by atoms with Crippen LogP contribution in [0.25, 0.3) is 0 Å². The topological polar surface area (TPSA) is 17.8 Å². The molecule has 2 rings (SSSR count). The van der Waals surface area contributed by atoms with Crippen molar-refractivity contribution in [2.24, 2.45) is 0 Å². The minimum absolute atomic E-state index is 0.175. The summed E-state index contributed by atoms with van der Waals surface area (Å²) in [6.07, 6.45) is 0.805. The molecular formula is C13H15FN2. The fourth-order valence-electron chi connectivity index (χ4n) is 1.83. The fourth-order valence-corrected chi connectivity index (χ4v) is 1.83. The van der Waals surface area contributed by atoms with Crippen LogP contribution in [0.5, 0.6) is 0 Å². The SMILES string of the molecule is Cc1cc(C)n(CCc2cccc(F)c2)n1. The number of hydrogen-bond acceptors (Lipinski definition) is 1. The molecule has 0 aliphatic carbocycles. The van der Waals surface area contributed by atoms with Gasteiger partial charge in [0.2, 0.25) is 0 Å². The van der Waals surface area contributed by atoms with Gasteiger partial charge in [-0.2, -0.15) is 5.10 Å². The molecule has 2 aromatic rings. The fraction of sp³-hybridized carbons (Fsp3) is 0.308. The zero-order valence-corrected chi connectivity index (χ0v) is 9.57. The van der Waals surface area contributed by atoms with Crippen molar-refractivity contribution in [2.45, 2.75) is 26.8 Å². The molecule has 0 radical (unpaired) electrons. The standard InChI is InChI=1S/C13H15FN2/c1-10-8-11(2)16(15-10)7-6-12-4-3-5-13(14)9-12/h3-5,8-9H,6-7H2,1-2H3. The highest BCUT2D eigenvalue weighted by Crippen LogP contribution is 2.07. The van der Waals surface area contributed by atoms with Gasteiger partial charge in [-0.3, -0.25) is 4.68 Å². The molecule has 0 atom stereocenters. The number of aromatic nitrogens is 2. The van der Waals surface area contributed by atoms with Crippen LogP contribution in [-0.4, -0.2) is 9.78 Å². The van der Waals surface area contributed by atoms with Gasteiger partial charge >= 0.3 is 0 Å². The van der Waals surface area contributed by atoms with E-state index in [-0.39, 0.29) is 5.82 Å². The average Bonchev–Trinajstić information content (AvgIpc) is 2.54. The van der Waals surface area contributed by atoms with Crippen molar-refractivity contribution in [1.82, 2.24) is 9.78 Å². The highest BCUT2D eigenvalue weighted by Gasteiger charge is 2.01. The lowest BCUT2D eigenvalue weighted by molar-refractivity contribution is 0.588. The second-order valence-corrected chi connectivity index (χ2v) is 4.03. The molecule has 0 aliphatic rings. The largest absolute Gasteiger partial charge is 0.269 e. The Hall–Kier alpha value is -1.64. The van der Waals surface area contributed by atoms with Gasteiger partial charge in [0.1, 0.15) is 5.82 Å². The van der Waals surface area contributed by atoms with Crippen LogP contribution in [-0.2, 0) is 13.0 Å². The summed E-state index contributed by atoms with van der Waals surface area (Å²) in [4.78, 5) is 0. The second kappa shape index (κ2) is 4.47. The first kappa shape index (κ1) is 10.9. The van der Waals surface area contributed by atoms with E-state index < -0.39 is 0 Å². The number of nitrogens with zero attached hydrogens (tertiary/aromatic N) is 2. The van der Waals surface area contributed by atoms with Crippen LogP contribution in [0.4, 0.5) is 4.39 Å². The third-order valence-corrected chi connectivity index (χ3v) is 2.60. The van der Waals surface area contributed by atoms with Crippen LogP contribution < -0.4 is 0 Å². The molecule has 0 aliphatic heterocycles. The van der Waals surface area contributed by atoms with Crippen LogP contribution in [0.1, 0.15) is 17.0 Å². The molecular weight excluding hydrogens is 203 g/mol. The molecule has 2 nitrogen and oxygen atoms in total. The molecule has 0 amide bonds. The van der Waals surface area contributed by atoms with Crippen molar-refractivity contribution in [3.05, 3.63) is 53.1 Å². The number of aryl methyl sites for hydroxylation is 4. The van der Waals surface area contributed by atoms with Crippen LogP contribution in [0.15, 0.2) is 30.3 Å². The molecule has 1 aromatic heterocycles. The molecule has 0 spiro atoms. The Morgan fingerprint density at radius 3 is 2.69 bits per heavy atom. The summed E-state index contributed by atoms with van der Waals surface area (Å²) in [6.45, 7) is 4.81. The van der Waals surface area contributed by atoms with Gasteiger partial charge in [-0.25, -0.2) is 4.39 Å². The Morgan fingerprint density at radius 2 is 2.06 bits per heavy atom. The lowest BCUT2D eigenvalue weighted by Crippen LogP contribution is -2.05. The van der Waals surface area contributed by atoms with Crippen LogP contribution in [0.2, 0.25) is 0 Å². The summed E-state index contributed by atoms with van der Waals surface area (Å²) in [5.41, 5.74) is 3.18. The highest BCUT2D eigenvalue weighted by atomic mass is 19.1. The molecule has 16 heavy (non-hydrogen) atoms. The van der Waals surface area contributed by atoms with Gasteiger partial charge in [0, 0.05) is 12.2 Å². The first-order chi connectivity index (χ1) is 7.65. The molecule has 0 unspecified atom stereocenters. The Labute approximate surface area is 94.7 Å². The van der Waals surface area contributed by atoms with E-state index >= 15 is 0 Å². The Kier molecular flexibility index (Phi) is 3.04. The van der Waals surface area contributed by atoms with E-state index in [1.165, 1.54) is 6.07 Å². The molecule has 3 heteroatoms. The highest BCUT2D eigenvalue weighted by molar-refractivity contribution is 5.16. The van der Waals surface area contributed by atoms with E-state index in [0.29, 0.717) is 0 Å². The summed E-state index contributed by atoms with van der Waals surface area (Å²) in [5.74, 6) is -0.175. The quantitative estimate of drug-likeness (QED) is 0.774. The molecule has 0 saturated carbocycles. The van der Waals surface area contributed by atoms with Gasteiger partial charge in [-0.15, -0.1) is 0 Å². The van der Waals surface area contributed by atoms with Crippen LogP contribution in [0, 0.1) is 19.7 Å². The lowest BCUT2D eigenvalue weighted by Gasteiger charge is -2.04. The van der Waals surface area contributed by atoms with Crippen molar-refractivity contribution >= 4 is 0 Å². The predicted octanol–water partition coefficient (Wildman–Crippen LogP) is 2.88. The molecule has 1 aromatic carbocycles. The summed E-state index contributed by atoms with van der Waals surface area (Å²) < 4.78 is 14.9. The maximum Gasteiger partial charge on any atom is 0.123 e. The number of hydrogen-bond donors (Lipinski definition) is 0. The Balaban J connectivity index is 2.05.